The summed E-state index contributed by atoms with van der Waals surface area (Å²) in [5.74, 6) is 0.841. The number of benzene rings is 3. The quantitative estimate of drug-likeness (QED) is 0.175. The molecule has 0 bridgehead atoms. The van der Waals surface area contributed by atoms with Gasteiger partial charge < -0.3 is 14.2 Å². The second kappa shape index (κ2) is 10.1. The Morgan fingerprint density at radius 2 is 1.94 bits per heavy atom. The third-order valence-corrected chi connectivity index (χ3v) is 6.08. The van der Waals surface area contributed by atoms with Crippen LogP contribution in [0.25, 0.3) is 6.08 Å². The number of esters is 1. The zero-order valence-electron chi connectivity index (χ0n) is 16.8. The number of carbonyl (C=O) groups excluding carboxylic acids is 1. The summed E-state index contributed by atoms with van der Waals surface area (Å²) in [5.41, 5.74) is 2.60. The molecule has 4 rings (SSSR count). The molecular formula is C24H16BrClINO4. The zero-order chi connectivity index (χ0) is 22.7. The smallest absolute Gasteiger partial charge is 0.363 e. The Bertz CT molecular complexity index is 1240. The number of carbonyl (C=O) groups is 1. The third kappa shape index (κ3) is 5.33. The maximum atomic E-state index is 12.3. The monoisotopic (exact) mass is 623 g/mol. The summed E-state index contributed by atoms with van der Waals surface area (Å²) in [6, 6.07) is 18.6. The minimum Gasteiger partial charge on any atom is -0.493 e. The van der Waals surface area contributed by atoms with Crippen molar-refractivity contribution in [2.45, 2.75) is 6.61 Å². The Morgan fingerprint density at radius 1 is 1.16 bits per heavy atom. The lowest BCUT2D eigenvalue weighted by Gasteiger charge is -2.14. The van der Waals surface area contributed by atoms with E-state index in [0.717, 1.165) is 14.7 Å². The number of rotatable bonds is 6. The van der Waals surface area contributed by atoms with Crippen LogP contribution in [0.1, 0.15) is 16.7 Å². The normalized spacial score (nSPS) is 14.3. The first-order chi connectivity index (χ1) is 15.4. The fourth-order valence-corrected chi connectivity index (χ4v) is 4.18. The summed E-state index contributed by atoms with van der Waals surface area (Å²) in [5, 5.41) is 0.646. The fourth-order valence-electron chi connectivity index (χ4n) is 3.03. The maximum Gasteiger partial charge on any atom is 0.363 e. The Kier molecular flexibility index (Phi) is 7.17. The van der Waals surface area contributed by atoms with E-state index >= 15 is 0 Å². The number of aliphatic imine (C=N–C) groups is 1. The molecule has 1 heterocycles. The Labute approximate surface area is 212 Å². The van der Waals surface area contributed by atoms with Gasteiger partial charge in [-0.1, -0.05) is 23.7 Å². The van der Waals surface area contributed by atoms with Crippen molar-refractivity contribution in [3.8, 4) is 11.5 Å². The number of methoxy groups -OCH3 is 1. The molecule has 0 aromatic heterocycles. The van der Waals surface area contributed by atoms with Gasteiger partial charge in [0.05, 0.1) is 11.6 Å². The van der Waals surface area contributed by atoms with Crippen molar-refractivity contribution in [2.24, 2.45) is 4.99 Å². The van der Waals surface area contributed by atoms with Crippen LogP contribution in [0.2, 0.25) is 5.02 Å². The van der Waals surface area contributed by atoms with Gasteiger partial charge in [0.15, 0.2) is 17.2 Å². The summed E-state index contributed by atoms with van der Waals surface area (Å²) in [6.45, 7) is 0.325. The fraction of sp³-hybridized carbons (Fsp3) is 0.0833. The number of hydrogen-bond donors (Lipinski definition) is 0. The van der Waals surface area contributed by atoms with Crippen molar-refractivity contribution in [2.75, 3.05) is 7.11 Å². The molecule has 0 aliphatic carbocycles. The van der Waals surface area contributed by atoms with Crippen molar-refractivity contribution in [1.82, 2.24) is 0 Å². The molecule has 1 aliphatic rings. The van der Waals surface area contributed by atoms with Crippen LogP contribution in [0.15, 0.2) is 75.8 Å². The van der Waals surface area contributed by atoms with E-state index in [2.05, 4.69) is 43.5 Å². The van der Waals surface area contributed by atoms with Gasteiger partial charge in [-0.25, -0.2) is 9.79 Å². The lowest BCUT2D eigenvalue weighted by atomic mass is 10.1. The van der Waals surface area contributed by atoms with E-state index in [1.165, 1.54) is 0 Å². The standard InChI is InChI=1S/C24H16BrClINO4/c1-30-21-12-15(10-19(25)22(21)31-13-14-3-2-4-17(26)9-14)11-20-24(29)32-23(28-20)16-5-7-18(27)8-6-16/h2-12H,13H2,1H3/b20-11+. The predicted octanol–water partition coefficient (Wildman–Crippen LogP) is 6.64. The number of hydrogen-bond acceptors (Lipinski definition) is 5. The molecule has 0 atom stereocenters. The van der Waals surface area contributed by atoms with Gasteiger partial charge in [-0.15, -0.1) is 0 Å². The average Bonchev–Trinajstić information content (AvgIpc) is 3.13. The first kappa shape index (κ1) is 22.8. The van der Waals surface area contributed by atoms with Gasteiger partial charge in [-0.2, -0.15) is 0 Å². The van der Waals surface area contributed by atoms with Crippen LogP contribution in [-0.4, -0.2) is 19.0 Å². The Morgan fingerprint density at radius 3 is 2.66 bits per heavy atom. The van der Waals surface area contributed by atoms with Crippen LogP contribution in [0.4, 0.5) is 0 Å². The van der Waals surface area contributed by atoms with Gasteiger partial charge in [-0.05, 0) is 104 Å². The highest BCUT2D eigenvalue weighted by Crippen LogP contribution is 2.38. The van der Waals surface area contributed by atoms with E-state index in [1.807, 2.05) is 54.6 Å². The van der Waals surface area contributed by atoms with E-state index < -0.39 is 5.97 Å². The number of ether oxygens (including phenoxy) is 3. The minimum atomic E-state index is -0.505. The van der Waals surface area contributed by atoms with Gasteiger partial charge in [0.25, 0.3) is 0 Å². The molecule has 1 aliphatic heterocycles. The Hall–Kier alpha value is -2.36. The number of halogens is 3. The van der Waals surface area contributed by atoms with Crippen molar-refractivity contribution in [3.63, 3.8) is 0 Å². The third-order valence-electron chi connectivity index (χ3n) is 4.54. The predicted molar refractivity (Wildman–Crippen MR) is 136 cm³/mol. The molecule has 0 N–H and O–H groups in total. The van der Waals surface area contributed by atoms with Crippen LogP contribution >= 0.6 is 50.1 Å². The molecule has 162 valence electrons. The van der Waals surface area contributed by atoms with Crippen molar-refractivity contribution < 1.29 is 19.0 Å². The van der Waals surface area contributed by atoms with Crippen LogP contribution in [0.5, 0.6) is 11.5 Å². The molecule has 8 heteroatoms. The van der Waals surface area contributed by atoms with Crippen LogP contribution in [0, 0.1) is 3.57 Å². The summed E-state index contributed by atoms with van der Waals surface area (Å²) in [7, 11) is 1.56. The summed E-state index contributed by atoms with van der Waals surface area (Å²) in [6.07, 6.45) is 1.65. The molecule has 0 radical (unpaired) electrons. The van der Waals surface area contributed by atoms with Gasteiger partial charge in [0.2, 0.25) is 5.90 Å². The van der Waals surface area contributed by atoms with Crippen LogP contribution in [0.3, 0.4) is 0 Å². The molecule has 0 unspecified atom stereocenters. The maximum absolute atomic E-state index is 12.3. The Balaban J connectivity index is 1.59. The average molecular weight is 625 g/mol. The van der Waals surface area contributed by atoms with Crippen LogP contribution < -0.4 is 9.47 Å². The number of cyclic esters (lactones) is 1. The molecule has 0 spiro atoms. The topological polar surface area (TPSA) is 57.1 Å². The van der Waals surface area contributed by atoms with Crippen LogP contribution in [-0.2, 0) is 16.1 Å². The van der Waals surface area contributed by atoms with Gasteiger partial charge >= 0.3 is 5.97 Å². The second-order valence-corrected chi connectivity index (χ2v) is 9.33. The van der Waals surface area contributed by atoms with Gasteiger partial charge in [-0.3, -0.25) is 0 Å². The summed E-state index contributed by atoms with van der Waals surface area (Å²) < 4.78 is 18.6. The number of nitrogens with zero attached hydrogens (tertiary/aromatic N) is 1. The highest BCUT2D eigenvalue weighted by Gasteiger charge is 2.24. The highest BCUT2D eigenvalue weighted by atomic mass is 127. The van der Waals surface area contributed by atoms with E-state index in [4.69, 9.17) is 25.8 Å². The van der Waals surface area contributed by atoms with E-state index in [-0.39, 0.29) is 11.6 Å². The zero-order valence-corrected chi connectivity index (χ0v) is 21.3. The first-order valence-corrected chi connectivity index (χ1v) is 11.7. The molecule has 3 aromatic rings. The minimum absolute atomic E-state index is 0.208. The molecular weight excluding hydrogens is 609 g/mol. The lowest BCUT2D eigenvalue weighted by molar-refractivity contribution is -0.129. The van der Waals surface area contributed by atoms with Crippen molar-refractivity contribution in [3.05, 3.63) is 96.1 Å². The second-order valence-electron chi connectivity index (χ2n) is 6.80. The molecule has 0 amide bonds. The molecule has 5 nitrogen and oxygen atoms in total. The van der Waals surface area contributed by atoms with Gasteiger partial charge in [0, 0.05) is 14.2 Å². The highest BCUT2D eigenvalue weighted by molar-refractivity contribution is 14.1. The van der Waals surface area contributed by atoms with E-state index in [9.17, 15) is 4.79 Å². The van der Waals surface area contributed by atoms with E-state index in [1.54, 1.807) is 19.3 Å². The largest absolute Gasteiger partial charge is 0.493 e. The molecule has 0 saturated carbocycles. The molecule has 3 aromatic carbocycles. The van der Waals surface area contributed by atoms with Gasteiger partial charge in [0.1, 0.15) is 6.61 Å². The molecule has 0 fully saturated rings. The van der Waals surface area contributed by atoms with Crippen molar-refractivity contribution in [1.29, 1.82) is 0 Å². The summed E-state index contributed by atoms with van der Waals surface area (Å²) >= 11 is 11.8. The lowest BCUT2D eigenvalue weighted by Crippen LogP contribution is -2.05. The molecule has 0 saturated heterocycles. The molecule has 32 heavy (non-hydrogen) atoms. The van der Waals surface area contributed by atoms with Crippen molar-refractivity contribution >= 4 is 68.1 Å². The summed E-state index contributed by atoms with van der Waals surface area (Å²) in [4.78, 5) is 16.7. The van der Waals surface area contributed by atoms with E-state index in [0.29, 0.717) is 33.2 Å². The first-order valence-electron chi connectivity index (χ1n) is 9.46. The SMILES string of the molecule is COc1cc(/C=C2/N=C(c3ccc(I)cc3)OC2=O)cc(Br)c1OCc1cccc(Cl)c1.